The fourth-order valence-corrected chi connectivity index (χ4v) is 2.79. The lowest BCUT2D eigenvalue weighted by molar-refractivity contribution is 0.131. The third kappa shape index (κ3) is 2.02. The molecule has 1 N–H and O–H groups in total. The lowest BCUT2D eigenvalue weighted by atomic mass is 9.79. The Hall–Kier alpha value is -1.74. The van der Waals surface area contributed by atoms with Gasteiger partial charge in [-0.25, -0.2) is 0 Å². The van der Waals surface area contributed by atoms with Gasteiger partial charge in [-0.1, -0.05) is 24.3 Å². The van der Waals surface area contributed by atoms with Crippen molar-refractivity contribution in [1.82, 2.24) is 9.97 Å². The molecular weight excluding hydrogens is 224 g/mol. The van der Waals surface area contributed by atoms with Crippen LogP contribution in [0.2, 0.25) is 0 Å². The van der Waals surface area contributed by atoms with Crippen molar-refractivity contribution in [3.8, 4) is 0 Å². The molecule has 0 amide bonds. The van der Waals surface area contributed by atoms with E-state index in [2.05, 4.69) is 28.2 Å². The molecule has 2 atom stereocenters. The molecule has 1 aliphatic rings. The number of hydrogen-bond acceptors (Lipinski definition) is 3. The zero-order chi connectivity index (χ0) is 12.4. The van der Waals surface area contributed by atoms with Crippen LogP contribution in [-0.2, 0) is 6.42 Å². The fraction of sp³-hybridized carbons (Fsp3) is 0.333. The van der Waals surface area contributed by atoms with Crippen LogP contribution < -0.4 is 0 Å². The summed E-state index contributed by atoms with van der Waals surface area (Å²) < 4.78 is 0. The molecule has 0 saturated heterocycles. The van der Waals surface area contributed by atoms with Crippen molar-refractivity contribution in [1.29, 1.82) is 0 Å². The Bertz CT molecular complexity index is 527. The third-order valence-electron chi connectivity index (χ3n) is 3.68. The summed E-state index contributed by atoms with van der Waals surface area (Å²) in [6, 6.07) is 8.39. The number of aromatic nitrogens is 2. The Morgan fingerprint density at radius 1 is 1.22 bits per heavy atom. The maximum atomic E-state index is 10.5. The Labute approximate surface area is 107 Å². The summed E-state index contributed by atoms with van der Waals surface area (Å²) in [5.41, 5.74) is 3.29. The molecule has 0 radical (unpaired) electrons. The van der Waals surface area contributed by atoms with Crippen molar-refractivity contribution in [2.24, 2.45) is 0 Å². The minimum absolute atomic E-state index is 0.145. The third-order valence-corrected chi connectivity index (χ3v) is 3.68. The molecule has 1 heterocycles. The van der Waals surface area contributed by atoms with Gasteiger partial charge in [-0.2, -0.15) is 0 Å². The van der Waals surface area contributed by atoms with Crippen LogP contribution in [0.15, 0.2) is 42.9 Å². The first-order valence-electron chi connectivity index (χ1n) is 6.38. The van der Waals surface area contributed by atoms with Crippen molar-refractivity contribution >= 4 is 0 Å². The summed E-state index contributed by atoms with van der Waals surface area (Å²) in [6.07, 6.45) is 7.61. The molecule has 2 unspecified atom stereocenters. The maximum absolute atomic E-state index is 10.5. The minimum Gasteiger partial charge on any atom is -0.386 e. The average Bonchev–Trinajstić information content (AvgIpc) is 2.47. The Balaban J connectivity index is 1.94. The van der Waals surface area contributed by atoms with Gasteiger partial charge in [0.2, 0.25) is 0 Å². The molecule has 3 rings (SSSR count). The van der Waals surface area contributed by atoms with Crippen LogP contribution in [0.4, 0.5) is 0 Å². The van der Waals surface area contributed by atoms with E-state index in [1.54, 1.807) is 18.6 Å². The highest BCUT2D eigenvalue weighted by molar-refractivity contribution is 5.34. The highest BCUT2D eigenvalue weighted by Gasteiger charge is 2.28. The number of aryl methyl sites for hydroxylation is 1. The van der Waals surface area contributed by atoms with E-state index >= 15 is 0 Å². The second-order valence-corrected chi connectivity index (χ2v) is 4.77. The molecule has 1 aromatic heterocycles. The summed E-state index contributed by atoms with van der Waals surface area (Å²) in [7, 11) is 0. The van der Waals surface area contributed by atoms with E-state index in [0.717, 1.165) is 19.3 Å². The van der Waals surface area contributed by atoms with Crippen molar-refractivity contribution in [2.75, 3.05) is 0 Å². The van der Waals surface area contributed by atoms with Gasteiger partial charge >= 0.3 is 0 Å². The Morgan fingerprint density at radius 2 is 2.11 bits per heavy atom. The van der Waals surface area contributed by atoms with Gasteiger partial charge in [-0.05, 0) is 30.4 Å². The molecule has 0 spiro atoms. The molecule has 92 valence electrons. The first-order valence-corrected chi connectivity index (χ1v) is 6.38. The van der Waals surface area contributed by atoms with Gasteiger partial charge in [0, 0.05) is 18.3 Å². The average molecular weight is 240 g/mol. The summed E-state index contributed by atoms with van der Waals surface area (Å²) in [5.74, 6) is 0.145. The maximum Gasteiger partial charge on any atom is 0.104 e. The molecule has 1 aliphatic carbocycles. The topological polar surface area (TPSA) is 46.0 Å². The van der Waals surface area contributed by atoms with E-state index in [9.17, 15) is 5.11 Å². The molecule has 2 aromatic rings. The van der Waals surface area contributed by atoms with Gasteiger partial charge in [0.25, 0.3) is 0 Å². The van der Waals surface area contributed by atoms with Crippen LogP contribution >= 0.6 is 0 Å². The predicted octanol–water partition coefficient (Wildman–Crippen LogP) is 2.63. The van der Waals surface area contributed by atoms with Crippen LogP contribution in [0.25, 0.3) is 0 Å². The smallest absolute Gasteiger partial charge is 0.104 e. The number of benzene rings is 1. The van der Waals surface area contributed by atoms with Crippen LogP contribution in [0.1, 0.15) is 41.7 Å². The van der Waals surface area contributed by atoms with Gasteiger partial charge in [0.05, 0.1) is 11.9 Å². The van der Waals surface area contributed by atoms with Gasteiger partial charge in [0.1, 0.15) is 6.10 Å². The molecule has 0 fully saturated rings. The zero-order valence-corrected chi connectivity index (χ0v) is 10.2. The molecule has 18 heavy (non-hydrogen) atoms. The van der Waals surface area contributed by atoms with Gasteiger partial charge < -0.3 is 5.11 Å². The van der Waals surface area contributed by atoms with E-state index in [0.29, 0.717) is 5.69 Å². The summed E-state index contributed by atoms with van der Waals surface area (Å²) in [5, 5.41) is 10.5. The standard InChI is InChI=1S/C15H16N2O/c18-15(14-10-16-8-9-17-14)13-7-3-5-11-4-1-2-6-12(11)13/h1-2,4,6,8-10,13,15,18H,3,5,7H2. The van der Waals surface area contributed by atoms with Gasteiger partial charge in [-0.3, -0.25) is 9.97 Å². The van der Waals surface area contributed by atoms with E-state index in [1.165, 1.54) is 11.1 Å². The van der Waals surface area contributed by atoms with Crippen LogP contribution in [0.3, 0.4) is 0 Å². The minimum atomic E-state index is -0.555. The molecule has 3 heteroatoms. The van der Waals surface area contributed by atoms with Crippen LogP contribution in [0, 0.1) is 0 Å². The molecular formula is C15H16N2O. The van der Waals surface area contributed by atoms with E-state index in [4.69, 9.17) is 0 Å². The number of nitrogens with zero attached hydrogens (tertiary/aromatic N) is 2. The fourth-order valence-electron chi connectivity index (χ4n) is 2.79. The zero-order valence-electron chi connectivity index (χ0n) is 10.2. The predicted molar refractivity (Wildman–Crippen MR) is 69.1 cm³/mol. The van der Waals surface area contributed by atoms with Crippen molar-refractivity contribution in [3.63, 3.8) is 0 Å². The van der Waals surface area contributed by atoms with E-state index in [-0.39, 0.29) is 5.92 Å². The SMILES string of the molecule is OC(c1cnccn1)C1CCCc2ccccc21. The summed E-state index contributed by atoms with van der Waals surface area (Å²) >= 11 is 0. The van der Waals surface area contributed by atoms with Crippen molar-refractivity contribution in [3.05, 3.63) is 59.7 Å². The Morgan fingerprint density at radius 3 is 2.94 bits per heavy atom. The van der Waals surface area contributed by atoms with Crippen molar-refractivity contribution < 1.29 is 5.11 Å². The first-order chi connectivity index (χ1) is 8.86. The van der Waals surface area contributed by atoms with Crippen molar-refractivity contribution in [2.45, 2.75) is 31.3 Å². The van der Waals surface area contributed by atoms with Gasteiger partial charge in [0.15, 0.2) is 0 Å². The quantitative estimate of drug-likeness (QED) is 0.877. The molecule has 0 aliphatic heterocycles. The lowest BCUT2D eigenvalue weighted by Gasteiger charge is -2.28. The first kappa shape index (κ1) is 11.4. The highest BCUT2D eigenvalue weighted by Crippen LogP contribution is 2.39. The largest absolute Gasteiger partial charge is 0.386 e. The molecule has 1 aromatic carbocycles. The Kier molecular flexibility index (Phi) is 3.07. The number of aliphatic hydroxyl groups excluding tert-OH is 1. The second kappa shape index (κ2) is 4.86. The van der Waals surface area contributed by atoms with E-state index < -0.39 is 6.10 Å². The summed E-state index contributed by atoms with van der Waals surface area (Å²) in [6.45, 7) is 0. The highest BCUT2D eigenvalue weighted by atomic mass is 16.3. The number of rotatable bonds is 2. The number of aliphatic hydroxyl groups is 1. The molecule has 0 bridgehead atoms. The summed E-state index contributed by atoms with van der Waals surface area (Å²) in [4.78, 5) is 8.25. The van der Waals surface area contributed by atoms with Crippen LogP contribution in [0.5, 0.6) is 0 Å². The normalized spacial score (nSPS) is 20.2. The van der Waals surface area contributed by atoms with Gasteiger partial charge in [-0.15, -0.1) is 0 Å². The number of fused-ring (bicyclic) bond motifs is 1. The monoisotopic (exact) mass is 240 g/mol. The molecule has 0 saturated carbocycles. The lowest BCUT2D eigenvalue weighted by Crippen LogP contribution is -2.18. The second-order valence-electron chi connectivity index (χ2n) is 4.77. The van der Waals surface area contributed by atoms with Crippen LogP contribution in [-0.4, -0.2) is 15.1 Å². The van der Waals surface area contributed by atoms with E-state index in [1.807, 2.05) is 6.07 Å². The number of hydrogen-bond donors (Lipinski definition) is 1. The molecule has 3 nitrogen and oxygen atoms in total.